The molecule has 0 N–H and O–H groups in total. The van der Waals surface area contributed by atoms with Gasteiger partial charge in [-0.05, 0) is 19.4 Å². The molecule has 0 saturated carbocycles. The second-order valence-corrected chi connectivity index (χ2v) is 2.01. The Balaban J connectivity index is 3.79. The molecule has 0 aliphatic carbocycles. The van der Waals surface area contributed by atoms with Crippen molar-refractivity contribution in [2.24, 2.45) is 0 Å². The van der Waals surface area contributed by atoms with Crippen LogP contribution in [-0.4, -0.2) is 7.11 Å². The van der Waals surface area contributed by atoms with Crippen molar-refractivity contribution in [2.75, 3.05) is 7.11 Å². The standard InChI is InChI=1S/C8H14O/c1-5-7(2)6-8(3)9-4/h6H,3,5H2,1-2,4H3/b7-6-. The number of allylic oxidation sites excluding steroid dienone is 2. The maximum Gasteiger partial charge on any atom is 0.111 e. The van der Waals surface area contributed by atoms with E-state index in [1.807, 2.05) is 6.08 Å². The van der Waals surface area contributed by atoms with E-state index in [4.69, 9.17) is 4.74 Å². The van der Waals surface area contributed by atoms with Gasteiger partial charge in [0.1, 0.15) is 5.76 Å². The third kappa shape index (κ3) is 3.83. The summed E-state index contributed by atoms with van der Waals surface area (Å²) in [6.45, 7) is 7.83. The van der Waals surface area contributed by atoms with Crippen molar-refractivity contribution in [2.45, 2.75) is 20.3 Å². The molecule has 0 aliphatic rings. The molecule has 0 aliphatic heterocycles. The van der Waals surface area contributed by atoms with Crippen LogP contribution >= 0.6 is 0 Å². The van der Waals surface area contributed by atoms with Gasteiger partial charge >= 0.3 is 0 Å². The van der Waals surface area contributed by atoms with Crippen LogP contribution in [0.15, 0.2) is 24.0 Å². The molecule has 0 rings (SSSR count). The van der Waals surface area contributed by atoms with Crippen LogP contribution in [0.5, 0.6) is 0 Å². The van der Waals surface area contributed by atoms with Crippen molar-refractivity contribution in [1.82, 2.24) is 0 Å². The summed E-state index contributed by atoms with van der Waals surface area (Å²) in [6, 6.07) is 0. The molecular weight excluding hydrogens is 112 g/mol. The normalized spacial score (nSPS) is 11.2. The Morgan fingerprint density at radius 3 is 2.56 bits per heavy atom. The zero-order chi connectivity index (χ0) is 7.28. The molecule has 0 aromatic carbocycles. The molecule has 1 nitrogen and oxygen atoms in total. The highest BCUT2D eigenvalue weighted by Crippen LogP contribution is 2.02. The molecule has 0 amide bonds. The molecule has 0 aromatic heterocycles. The Morgan fingerprint density at radius 1 is 1.67 bits per heavy atom. The van der Waals surface area contributed by atoms with Crippen LogP contribution in [0.1, 0.15) is 20.3 Å². The Hall–Kier alpha value is -0.720. The number of ether oxygens (including phenoxy) is 1. The summed E-state index contributed by atoms with van der Waals surface area (Å²) in [6.07, 6.45) is 3.00. The molecule has 0 heterocycles. The zero-order valence-corrected chi connectivity index (χ0v) is 6.40. The van der Waals surface area contributed by atoms with E-state index in [0.29, 0.717) is 0 Å². The first kappa shape index (κ1) is 8.28. The van der Waals surface area contributed by atoms with E-state index in [1.54, 1.807) is 7.11 Å². The summed E-state index contributed by atoms with van der Waals surface area (Å²) < 4.78 is 4.85. The lowest BCUT2D eigenvalue weighted by atomic mass is 10.2. The minimum absolute atomic E-state index is 0.731. The molecule has 0 unspecified atom stereocenters. The van der Waals surface area contributed by atoms with Gasteiger partial charge < -0.3 is 4.74 Å². The molecule has 1 heteroatoms. The first-order valence-corrected chi connectivity index (χ1v) is 3.10. The average Bonchev–Trinajstić information content (AvgIpc) is 1.87. The smallest absolute Gasteiger partial charge is 0.111 e. The molecule has 0 saturated heterocycles. The van der Waals surface area contributed by atoms with E-state index in [-0.39, 0.29) is 0 Å². The van der Waals surface area contributed by atoms with Crippen LogP contribution in [0.2, 0.25) is 0 Å². The third-order valence-electron chi connectivity index (χ3n) is 1.23. The van der Waals surface area contributed by atoms with Gasteiger partial charge in [0.15, 0.2) is 0 Å². The molecule has 0 atom stereocenters. The fourth-order valence-corrected chi connectivity index (χ4v) is 0.436. The fourth-order valence-electron chi connectivity index (χ4n) is 0.436. The Kier molecular flexibility index (Phi) is 3.85. The molecular formula is C8H14O. The summed E-state index contributed by atoms with van der Waals surface area (Å²) in [5.41, 5.74) is 1.29. The van der Waals surface area contributed by atoms with Crippen LogP contribution < -0.4 is 0 Å². The van der Waals surface area contributed by atoms with E-state index in [1.165, 1.54) is 5.57 Å². The highest BCUT2D eigenvalue weighted by Gasteiger charge is 1.85. The zero-order valence-electron chi connectivity index (χ0n) is 6.40. The summed E-state index contributed by atoms with van der Waals surface area (Å²) in [7, 11) is 1.63. The lowest BCUT2D eigenvalue weighted by molar-refractivity contribution is 0.308. The lowest BCUT2D eigenvalue weighted by Gasteiger charge is -1.97. The summed E-state index contributed by atoms with van der Waals surface area (Å²) >= 11 is 0. The Bertz CT molecular complexity index is 123. The largest absolute Gasteiger partial charge is 0.497 e. The topological polar surface area (TPSA) is 9.23 Å². The Morgan fingerprint density at radius 2 is 2.22 bits per heavy atom. The number of methoxy groups -OCH3 is 1. The Labute approximate surface area is 57.0 Å². The molecule has 0 aromatic rings. The van der Waals surface area contributed by atoms with E-state index < -0.39 is 0 Å². The lowest BCUT2D eigenvalue weighted by Crippen LogP contribution is -1.80. The molecule has 52 valence electrons. The van der Waals surface area contributed by atoms with Crippen LogP contribution in [-0.2, 0) is 4.74 Å². The van der Waals surface area contributed by atoms with Gasteiger partial charge in [0.2, 0.25) is 0 Å². The van der Waals surface area contributed by atoms with Crippen molar-refractivity contribution >= 4 is 0 Å². The molecule has 9 heavy (non-hydrogen) atoms. The monoisotopic (exact) mass is 126 g/mol. The van der Waals surface area contributed by atoms with Gasteiger partial charge in [0.25, 0.3) is 0 Å². The van der Waals surface area contributed by atoms with Crippen molar-refractivity contribution in [3.8, 4) is 0 Å². The average molecular weight is 126 g/mol. The summed E-state index contributed by atoms with van der Waals surface area (Å²) in [5.74, 6) is 0.731. The SMILES string of the molecule is C=C(/C=C(/C)CC)OC. The van der Waals surface area contributed by atoms with Crippen LogP contribution in [0.3, 0.4) is 0 Å². The van der Waals surface area contributed by atoms with Gasteiger partial charge in [0, 0.05) is 0 Å². The van der Waals surface area contributed by atoms with E-state index >= 15 is 0 Å². The number of hydrogen-bond acceptors (Lipinski definition) is 1. The first-order chi connectivity index (χ1) is 4.20. The fraction of sp³-hybridized carbons (Fsp3) is 0.500. The van der Waals surface area contributed by atoms with E-state index in [2.05, 4.69) is 20.4 Å². The van der Waals surface area contributed by atoms with Crippen molar-refractivity contribution in [1.29, 1.82) is 0 Å². The highest BCUT2D eigenvalue weighted by molar-refractivity contribution is 5.13. The van der Waals surface area contributed by atoms with E-state index in [9.17, 15) is 0 Å². The second-order valence-electron chi connectivity index (χ2n) is 2.01. The van der Waals surface area contributed by atoms with Gasteiger partial charge in [-0.2, -0.15) is 0 Å². The quantitative estimate of drug-likeness (QED) is 0.417. The molecule has 0 bridgehead atoms. The molecule has 0 fully saturated rings. The van der Waals surface area contributed by atoms with Gasteiger partial charge in [-0.25, -0.2) is 0 Å². The third-order valence-corrected chi connectivity index (χ3v) is 1.23. The summed E-state index contributed by atoms with van der Waals surface area (Å²) in [5, 5.41) is 0. The van der Waals surface area contributed by atoms with Gasteiger partial charge in [0.05, 0.1) is 7.11 Å². The molecule has 0 radical (unpaired) electrons. The number of rotatable bonds is 3. The minimum atomic E-state index is 0.731. The van der Waals surface area contributed by atoms with Crippen LogP contribution in [0.4, 0.5) is 0 Å². The summed E-state index contributed by atoms with van der Waals surface area (Å²) in [4.78, 5) is 0. The second kappa shape index (κ2) is 4.19. The predicted molar refractivity (Wildman–Crippen MR) is 40.2 cm³/mol. The highest BCUT2D eigenvalue weighted by atomic mass is 16.5. The minimum Gasteiger partial charge on any atom is -0.497 e. The van der Waals surface area contributed by atoms with Gasteiger partial charge in [-0.1, -0.05) is 19.1 Å². The van der Waals surface area contributed by atoms with Gasteiger partial charge in [-0.3, -0.25) is 0 Å². The maximum atomic E-state index is 4.85. The maximum absolute atomic E-state index is 4.85. The van der Waals surface area contributed by atoms with Crippen molar-refractivity contribution < 1.29 is 4.74 Å². The number of hydrogen-bond donors (Lipinski definition) is 0. The molecule has 0 spiro atoms. The first-order valence-electron chi connectivity index (χ1n) is 3.10. The van der Waals surface area contributed by atoms with E-state index in [0.717, 1.165) is 12.2 Å². The van der Waals surface area contributed by atoms with Gasteiger partial charge in [-0.15, -0.1) is 0 Å². The predicted octanol–water partition coefficient (Wildman–Crippen LogP) is 2.50. The van der Waals surface area contributed by atoms with Crippen LogP contribution in [0, 0.1) is 0 Å². The van der Waals surface area contributed by atoms with Crippen molar-refractivity contribution in [3.63, 3.8) is 0 Å². The van der Waals surface area contributed by atoms with Crippen LogP contribution in [0.25, 0.3) is 0 Å². The van der Waals surface area contributed by atoms with Crippen molar-refractivity contribution in [3.05, 3.63) is 24.0 Å².